The third-order valence-corrected chi connectivity index (χ3v) is 2.82. The van der Waals surface area contributed by atoms with Crippen LogP contribution in [0.2, 0.25) is 0 Å². The first kappa shape index (κ1) is 10.2. The van der Waals surface area contributed by atoms with Crippen molar-refractivity contribution in [3.05, 3.63) is 35.6 Å². The third-order valence-electron chi connectivity index (χ3n) is 2.17. The summed E-state index contributed by atoms with van der Waals surface area (Å²) < 4.78 is 9.95. The Kier molecular flexibility index (Phi) is 2.77. The molecule has 0 atom stereocenters. The Labute approximate surface area is 95.1 Å². The maximum absolute atomic E-state index is 11.5. The number of furan rings is 1. The van der Waals surface area contributed by atoms with E-state index in [1.165, 1.54) is 7.11 Å². The molecule has 0 aliphatic carbocycles. The molecule has 3 nitrogen and oxygen atoms in total. The van der Waals surface area contributed by atoms with Gasteiger partial charge in [-0.3, -0.25) is 0 Å². The summed E-state index contributed by atoms with van der Waals surface area (Å²) in [7, 11) is 1.36. The minimum absolute atomic E-state index is 0.377. The number of fused-ring (bicyclic) bond motifs is 1. The van der Waals surface area contributed by atoms with Gasteiger partial charge in [-0.05, 0) is 23.8 Å². The summed E-state index contributed by atoms with van der Waals surface area (Å²) in [5.74, 6) is -0.377. The van der Waals surface area contributed by atoms with Crippen LogP contribution in [-0.4, -0.2) is 13.1 Å². The number of halogens is 1. The quantitative estimate of drug-likeness (QED) is 0.621. The molecule has 0 bridgehead atoms. The van der Waals surface area contributed by atoms with E-state index in [0.717, 1.165) is 10.9 Å². The second-order valence-corrected chi connectivity index (χ2v) is 3.67. The molecule has 0 saturated heterocycles. The maximum atomic E-state index is 11.5. The van der Waals surface area contributed by atoms with Gasteiger partial charge in [0.2, 0.25) is 0 Å². The van der Waals surface area contributed by atoms with Crippen LogP contribution < -0.4 is 0 Å². The monoisotopic (exact) mass is 268 g/mol. The van der Waals surface area contributed by atoms with Gasteiger partial charge in [0, 0.05) is 10.7 Å². The molecular formula is C11H9BrO3. The molecule has 1 aromatic carbocycles. The number of benzene rings is 1. The van der Waals surface area contributed by atoms with Gasteiger partial charge in [-0.2, -0.15) is 0 Å². The van der Waals surface area contributed by atoms with Crippen LogP contribution in [0.5, 0.6) is 0 Å². The molecule has 0 spiro atoms. The van der Waals surface area contributed by atoms with E-state index in [-0.39, 0.29) is 5.97 Å². The van der Waals surface area contributed by atoms with Crippen LogP contribution in [0, 0.1) is 0 Å². The highest BCUT2D eigenvalue weighted by atomic mass is 79.9. The fraction of sp³-hybridized carbons (Fsp3) is 0.182. The van der Waals surface area contributed by atoms with Gasteiger partial charge in [0.25, 0.3) is 0 Å². The summed E-state index contributed by atoms with van der Waals surface area (Å²) in [6.45, 7) is 0. The number of carbonyl (C=O) groups is 1. The van der Waals surface area contributed by atoms with Gasteiger partial charge in [-0.15, -0.1) is 0 Å². The summed E-state index contributed by atoms with van der Waals surface area (Å²) in [6.07, 6.45) is 1.56. The zero-order valence-electron chi connectivity index (χ0n) is 8.12. The van der Waals surface area contributed by atoms with Crippen LogP contribution in [0.4, 0.5) is 0 Å². The fourth-order valence-corrected chi connectivity index (χ4v) is 1.81. The second kappa shape index (κ2) is 4.06. The molecule has 0 amide bonds. The van der Waals surface area contributed by atoms with Gasteiger partial charge in [-0.1, -0.05) is 15.9 Å². The van der Waals surface area contributed by atoms with E-state index < -0.39 is 0 Å². The fourth-order valence-electron chi connectivity index (χ4n) is 1.48. The first-order chi connectivity index (χ1) is 7.26. The van der Waals surface area contributed by atoms with Crippen molar-refractivity contribution in [2.24, 2.45) is 0 Å². The lowest BCUT2D eigenvalue weighted by Gasteiger charge is -2.02. The largest absolute Gasteiger partial charge is 0.465 e. The number of methoxy groups -OCH3 is 1. The Morgan fingerprint density at radius 1 is 1.53 bits per heavy atom. The lowest BCUT2D eigenvalue weighted by Crippen LogP contribution is -2.02. The molecule has 1 heterocycles. The Hall–Kier alpha value is -1.29. The summed E-state index contributed by atoms with van der Waals surface area (Å²) in [5.41, 5.74) is 2.06. The van der Waals surface area contributed by atoms with E-state index in [9.17, 15) is 4.79 Å². The molecule has 0 N–H and O–H groups in total. The predicted octanol–water partition coefficient (Wildman–Crippen LogP) is 3.11. The van der Waals surface area contributed by atoms with Crippen molar-refractivity contribution in [1.29, 1.82) is 0 Å². The third kappa shape index (κ3) is 1.77. The van der Waals surface area contributed by atoms with Gasteiger partial charge < -0.3 is 9.15 Å². The molecule has 78 valence electrons. The summed E-state index contributed by atoms with van der Waals surface area (Å²) in [6, 6.07) is 5.57. The minimum atomic E-state index is -0.377. The molecule has 15 heavy (non-hydrogen) atoms. The van der Waals surface area contributed by atoms with Gasteiger partial charge in [0.15, 0.2) is 0 Å². The number of carbonyl (C=O) groups excluding carboxylic acids is 1. The zero-order chi connectivity index (χ0) is 10.8. The van der Waals surface area contributed by atoms with E-state index in [1.807, 2.05) is 12.1 Å². The number of alkyl halides is 1. The van der Waals surface area contributed by atoms with E-state index in [1.54, 1.807) is 12.3 Å². The lowest BCUT2D eigenvalue weighted by molar-refractivity contribution is 0.0601. The van der Waals surface area contributed by atoms with Crippen molar-refractivity contribution >= 4 is 32.9 Å². The number of rotatable bonds is 2. The number of esters is 1. The highest BCUT2D eigenvalue weighted by Crippen LogP contribution is 2.24. The normalized spacial score (nSPS) is 10.5. The predicted molar refractivity (Wildman–Crippen MR) is 60.2 cm³/mol. The zero-order valence-corrected chi connectivity index (χ0v) is 9.71. The average molecular weight is 269 g/mol. The smallest absolute Gasteiger partial charge is 0.341 e. The van der Waals surface area contributed by atoms with Crippen molar-refractivity contribution in [2.45, 2.75) is 5.33 Å². The highest BCUT2D eigenvalue weighted by Gasteiger charge is 2.14. The van der Waals surface area contributed by atoms with Gasteiger partial charge >= 0.3 is 5.97 Å². The van der Waals surface area contributed by atoms with Crippen molar-refractivity contribution in [1.82, 2.24) is 0 Å². The van der Waals surface area contributed by atoms with Crippen molar-refractivity contribution in [2.75, 3.05) is 7.11 Å². The van der Waals surface area contributed by atoms with Crippen LogP contribution in [0.3, 0.4) is 0 Å². The molecule has 4 heteroatoms. The van der Waals surface area contributed by atoms with Crippen LogP contribution in [0.1, 0.15) is 15.9 Å². The van der Waals surface area contributed by atoms with Gasteiger partial charge in [0.1, 0.15) is 11.1 Å². The Balaban J connectivity index is 2.68. The molecule has 2 rings (SSSR count). The number of hydrogen-bond donors (Lipinski definition) is 0. The summed E-state index contributed by atoms with van der Waals surface area (Å²) in [4.78, 5) is 11.5. The van der Waals surface area contributed by atoms with Crippen LogP contribution in [0.15, 0.2) is 28.9 Å². The van der Waals surface area contributed by atoms with Gasteiger partial charge in [-0.25, -0.2) is 4.79 Å². The SMILES string of the molecule is COC(=O)c1cc(CBr)cc2ccoc12. The molecule has 0 radical (unpaired) electrons. The Morgan fingerprint density at radius 2 is 2.33 bits per heavy atom. The molecule has 0 fully saturated rings. The average Bonchev–Trinajstić information content (AvgIpc) is 2.74. The van der Waals surface area contributed by atoms with Gasteiger partial charge in [0.05, 0.1) is 13.4 Å². The number of ether oxygens (including phenoxy) is 1. The molecule has 0 aliphatic rings. The van der Waals surface area contributed by atoms with E-state index >= 15 is 0 Å². The van der Waals surface area contributed by atoms with Crippen LogP contribution in [0.25, 0.3) is 11.0 Å². The number of hydrogen-bond acceptors (Lipinski definition) is 3. The first-order valence-electron chi connectivity index (χ1n) is 4.40. The maximum Gasteiger partial charge on any atom is 0.341 e. The first-order valence-corrected chi connectivity index (χ1v) is 5.53. The molecule has 0 saturated carbocycles. The topological polar surface area (TPSA) is 39.4 Å². The van der Waals surface area contributed by atoms with E-state index in [4.69, 9.17) is 9.15 Å². The van der Waals surface area contributed by atoms with Crippen molar-refractivity contribution in [3.8, 4) is 0 Å². The summed E-state index contributed by atoms with van der Waals surface area (Å²) >= 11 is 3.35. The lowest BCUT2D eigenvalue weighted by atomic mass is 10.1. The van der Waals surface area contributed by atoms with Crippen molar-refractivity contribution in [3.63, 3.8) is 0 Å². The molecule has 1 aromatic heterocycles. The molecule has 0 unspecified atom stereocenters. The Morgan fingerprint density at radius 3 is 3.00 bits per heavy atom. The van der Waals surface area contributed by atoms with Crippen LogP contribution >= 0.6 is 15.9 Å². The molecular weight excluding hydrogens is 260 g/mol. The Bertz CT molecular complexity index is 502. The minimum Gasteiger partial charge on any atom is -0.465 e. The standard InChI is InChI=1S/C11H9BrO3/c1-14-11(13)9-5-7(6-12)4-8-2-3-15-10(8)9/h2-5H,6H2,1H3. The molecule has 2 aromatic rings. The highest BCUT2D eigenvalue weighted by molar-refractivity contribution is 9.08. The van der Waals surface area contributed by atoms with E-state index in [2.05, 4.69) is 15.9 Å². The van der Waals surface area contributed by atoms with E-state index in [0.29, 0.717) is 16.5 Å². The molecule has 0 aliphatic heterocycles. The summed E-state index contributed by atoms with van der Waals surface area (Å²) in [5, 5.41) is 1.60. The van der Waals surface area contributed by atoms with Crippen LogP contribution in [-0.2, 0) is 10.1 Å². The van der Waals surface area contributed by atoms with Crippen molar-refractivity contribution < 1.29 is 13.9 Å². The second-order valence-electron chi connectivity index (χ2n) is 3.11.